The van der Waals surface area contributed by atoms with Crippen LogP contribution in [0.3, 0.4) is 0 Å². The van der Waals surface area contributed by atoms with Crippen LogP contribution in [0, 0.1) is 18.3 Å². The lowest BCUT2D eigenvalue weighted by molar-refractivity contribution is 0.111. The number of hydrogen-bond acceptors (Lipinski definition) is 3. The van der Waals surface area contributed by atoms with E-state index in [-0.39, 0.29) is 0 Å². The molecule has 3 rings (SSSR count). The normalized spacial score (nSPS) is 10.6. The van der Waals surface area contributed by atoms with Crippen molar-refractivity contribution in [2.75, 3.05) is 0 Å². The van der Waals surface area contributed by atoms with Crippen LogP contribution in [0.5, 0.6) is 0 Å². The lowest BCUT2D eigenvalue weighted by Gasteiger charge is -2.11. The Bertz CT molecular complexity index is 978. The van der Waals surface area contributed by atoms with Gasteiger partial charge in [0, 0.05) is 13.0 Å². The van der Waals surface area contributed by atoms with Crippen molar-refractivity contribution in [3.05, 3.63) is 76.9 Å². The maximum Gasteiger partial charge on any atom is 0.168 e. The number of aldehydes is 1. The highest BCUT2D eigenvalue weighted by Gasteiger charge is 2.14. The van der Waals surface area contributed by atoms with Crippen LogP contribution in [0.25, 0.3) is 11.1 Å². The average molecular weight is 357 g/mol. The summed E-state index contributed by atoms with van der Waals surface area (Å²) in [7, 11) is 0. The molecule has 0 spiro atoms. The highest BCUT2D eigenvalue weighted by Crippen LogP contribution is 2.24. The number of nitrogens with zero attached hydrogens (tertiary/aromatic N) is 3. The van der Waals surface area contributed by atoms with Crippen molar-refractivity contribution in [2.24, 2.45) is 0 Å². The van der Waals surface area contributed by atoms with Crippen LogP contribution in [0.4, 0.5) is 0 Å². The van der Waals surface area contributed by atoms with Gasteiger partial charge in [0.25, 0.3) is 0 Å². The van der Waals surface area contributed by atoms with Crippen LogP contribution in [-0.2, 0) is 13.0 Å². The Kier molecular flexibility index (Phi) is 5.83. The molecule has 0 atom stereocenters. The van der Waals surface area contributed by atoms with Gasteiger partial charge in [0.05, 0.1) is 17.3 Å². The number of carbonyl (C=O) groups is 1. The number of carbonyl (C=O) groups excluding carboxylic acids is 1. The highest BCUT2D eigenvalue weighted by molar-refractivity contribution is 5.74. The average Bonchev–Trinajstić information content (AvgIpc) is 3.01. The minimum Gasteiger partial charge on any atom is -0.321 e. The summed E-state index contributed by atoms with van der Waals surface area (Å²) in [5, 5.41) is 9.30. The zero-order valence-electron chi connectivity index (χ0n) is 15.8. The van der Waals surface area contributed by atoms with Crippen molar-refractivity contribution in [1.29, 1.82) is 5.26 Å². The summed E-state index contributed by atoms with van der Waals surface area (Å²) in [6, 6.07) is 18.0. The van der Waals surface area contributed by atoms with Gasteiger partial charge >= 0.3 is 0 Å². The molecule has 0 bridgehead atoms. The van der Waals surface area contributed by atoms with Gasteiger partial charge in [0.1, 0.15) is 11.5 Å². The number of aromatic nitrogens is 2. The Morgan fingerprint density at radius 3 is 2.56 bits per heavy atom. The quantitative estimate of drug-likeness (QED) is 0.563. The van der Waals surface area contributed by atoms with Crippen molar-refractivity contribution in [1.82, 2.24) is 9.55 Å². The van der Waals surface area contributed by atoms with Crippen molar-refractivity contribution in [2.45, 2.75) is 39.7 Å². The van der Waals surface area contributed by atoms with Crippen LogP contribution in [-0.4, -0.2) is 15.8 Å². The molecule has 0 fully saturated rings. The first-order valence-corrected chi connectivity index (χ1v) is 9.27. The molecule has 2 aromatic carbocycles. The van der Waals surface area contributed by atoms with Crippen molar-refractivity contribution in [3.8, 4) is 17.2 Å². The molecule has 0 aliphatic carbocycles. The van der Waals surface area contributed by atoms with Crippen LogP contribution in [0.2, 0.25) is 0 Å². The molecule has 0 saturated carbocycles. The summed E-state index contributed by atoms with van der Waals surface area (Å²) >= 11 is 0. The fourth-order valence-corrected chi connectivity index (χ4v) is 3.30. The fraction of sp³-hybridized carbons (Fsp3) is 0.261. The Labute approximate surface area is 160 Å². The molecule has 4 nitrogen and oxygen atoms in total. The van der Waals surface area contributed by atoms with Gasteiger partial charge in [-0.15, -0.1) is 0 Å². The zero-order chi connectivity index (χ0) is 19.2. The molecule has 0 amide bonds. The Hall–Kier alpha value is -3.19. The van der Waals surface area contributed by atoms with Gasteiger partial charge in [0.2, 0.25) is 0 Å². The lowest BCUT2D eigenvalue weighted by atomic mass is 9.99. The van der Waals surface area contributed by atoms with Crippen LogP contribution in [0.15, 0.2) is 48.5 Å². The van der Waals surface area contributed by atoms with Gasteiger partial charge in [-0.3, -0.25) is 4.79 Å². The molecule has 4 heteroatoms. The zero-order valence-corrected chi connectivity index (χ0v) is 15.8. The van der Waals surface area contributed by atoms with Crippen LogP contribution in [0.1, 0.15) is 52.9 Å². The van der Waals surface area contributed by atoms with E-state index in [0.29, 0.717) is 17.8 Å². The number of unbranched alkanes of at least 4 members (excludes halogenated alkanes) is 1. The second-order valence-corrected chi connectivity index (χ2v) is 6.66. The molecule has 0 saturated heterocycles. The van der Waals surface area contributed by atoms with Gasteiger partial charge in [-0.2, -0.15) is 5.26 Å². The maximum absolute atomic E-state index is 11.5. The molecule has 136 valence electrons. The SMILES string of the molecule is CCCCc1nc(C)c(C=O)n1Cc1ccc(-c2ccccc2C#N)cc1. The Morgan fingerprint density at radius 2 is 1.89 bits per heavy atom. The number of hydrogen-bond donors (Lipinski definition) is 0. The van der Waals surface area contributed by atoms with Crippen molar-refractivity contribution in [3.63, 3.8) is 0 Å². The fourth-order valence-electron chi connectivity index (χ4n) is 3.30. The molecule has 0 aliphatic heterocycles. The minimum absolute atomic E-state index is 0.619. The predicted molar refractivity (Wildman–Crippen MR) is 107 cm³/mol. The lowest BCUT2D eigenvalue weighted by Crippen LogP contribution is -2.09. The van der Waals surface area contributed by atoms with Gasteiger partial charge < -0.3 is 4.57 Å². The molecule has 3 aromatic rings. The Balaban J connectivity index is 1.89. The summed E-state index contributed by atoms with van der Waals surface area (Å²) in [5.41, 5.74) is 5.16. The number of benzene rings is 2. The van der Waals surface area contributed by atoms with E-state index in [9.17, 15) is 10.1 Å². The maximum atomic E-state index is 11.5. The second-order valence-electron chi connectivity index (χ2n) is 6.66. The third-order valence-corrected chi connectivity index (χ3v) is 4.79. The van der Waals surface area contributed by atoms with Crippen molar-refractivity contribution < 1.29 is 4.79 Å². The monoisotopic (exact) mass is 357 g/mol. The number of imidazole rings is 1. The number of rotatable bonds is 7. The first-order chi connectivity index (χ1) is 13.2. The molecular formula is C23H23N3O. The van der Waals surface area contributed by atoms with E-state index < -0.39 is 0 Å². The summed E-state index contributed by atoms with van der Waals surface area (Å²) in [5.74, 6) is 0.968. The number of nitriles is 1. The molecule has 0 radical (unpaired) electrons. The van der Waals surface area contributed by atoms with Gasteiger partial charge in [0.15, 0.2) is 6.29 Å². The van der Waals surface area contributed by atoms with E-state index in [1.54, 1.807) is 0 Å². The van der Waals surface area contributed by atoms with E-state index in [1.807, 2.05) is 47.9 Å². The smallest absolute Gasteiger partial charge is 0.168 e. The molecule has 0 aliphatic rings. The first-order valence-electron chi connectivity index (χ1n) is 9.27. The standard InChI is InChI=1S/C23H23N3O/c1-3-4-9-23-25-17(2)22(16-27)26(23)15-18-10-12-19(13-11-18)21-8-6-5-7-20(21)14-24/h5-8,10-13,16H,3-4,9,15H2,1-2H3. The highest BCUT2D eigenvalue weighted by atomic mass is 16.1. The topological polar surface area (TPSA) is 58.7 Å². The summed E-state index contributed by atoms with van der Waals surface area (Å²) in [6.45, 7) is 4.66. The van der Waals surface area contributed by atoms with Gasteiger partial charge in [-0.1, -0.05) is 55.8 Å². The molecule has 27 heavy (non-hydrogen) atoms. The van der Waals surface area contributed by atoms with Gasteiger partial charge in [-0.25, -0.2) is 4.98 Å². The van der Waals surface area contributed by atoms with E-state index in [1.165, 1.54) is 0 Å². The van der Waals surface area contributed by atoms with E-state index >= 15 is 0 Å². The summed E-state index contributed by atoms with van der Waals surface area (Å²) < 4.78 is 2.02. The molecule has 0 N–H and O–H groups in total. The van der Waals surface area contributed by atoms with Crippen LogP contribution < -0.4 is 0 Å². The first kappa shape index (κ1) is 18.6. The van der Waals surface area contributed by atoms with Crippen LogP contribution >= 0.6 is 0 Å². The van der Waals surface area contributed by atoms with Crippen molar-refractivity contribution >= 4 is 6.29 Å². The second kappa shape index (κ2) is 8.46. The molecule has 1 heterocycles. The summed E-state index contributed by atoms with van der Waals surface area (Å²) in [4.78, 5) is 16.1. The minimum atomic E-state index is 0.619. The molecule has 0 unspecified atom stereocenters. The molecular weight excluding hydrogens is 334 g/mol. The largest absolute Gasteiger partial charge is 0.321 e. The summed E-state index contributed by atoms with van der Waals surface area (Å²) in [6.07, 6.45) is 3.92. The number of aryl methyl sites for hydroxylation is 2. The van der Waals surface area contributed by atoms with E-state index in [2.05, 4.69) is 30.1 Å². The van der Waals surface area contributed by atoms with E-state index in [0.717, 1.165) is 53.8 Å². The molecule has 1 aromatic heterocycles. The third kappa shape index (κ3) is 3.98. The van der Waals surface area contributed by atoms with E-state index in [4.69, 9.17) is 0 Å². The Morgan fingerprint density at radius 1 is 1.15 bits per heavy atom. The van der Waals surface area contributed by atoms with Gasteiger partial charge in [-0.05, 0) is 36.1 Å². The predicted octanol–water partition coefficient (Wildman–Crippen LogP) is 4.93. The third-order valence-electron chi connectivity index (χ3n) is 4.79.